The van der Waals surface area contributed by atoms with Crippen molar-refractivity contribution in [2.24, 2.45) is 0 Å². The van der Waals surface area contributed by atoms with Gasteiger partial charge >= 0.3 is 6.18 Å². The zero-order valence-electron chi connectivity index (χ0n) is 13.8. The number of hydrogen-bond acceptors (Lipinski definition) is 4. The molecule has 0 saturated heterocycles. The Balaban J connectivity index is 1.62. The molecule has 3 rings (SSSR count). The van der Waals surface area contributed by atoms with Crippen LogP contribution in [0.5, 0.6) is 0 Å². The summed E-state index contributed by atoms with van der Waals surface area (Å²) in [6, 6.07) is 11.3. The average molecular weight is 396 g/mol. The summed E-state index contributed by atoms with van der Waals surface area (Å²) in [7, 11) is 0. The number of rotatable bonds is 5. The molecule has 0 radical (unpaired) electrons. The summed E-state index contributed by atoms with van der Waals surface area (Å²) in [5.41, 5.74) is -0.257. The van der Waals surface area contributed by atoms with E-state index in [1.165, 1.54) is 12.1 Å². The zero-order chi connectivity index (χ0) is 19.4. The van der Waals surface area contributed by atoms with Gasteiger partial charge in [-0.25, -0.2) is 0 Å². The highest BCUT2D eigenvalue weighted by molar-refractivity contribution is 6.33. The fraction of sp³-hybridized carbons (Fsp3) is 0.167. The van der Waals surface area contributed by atoms with Gasteiger partial charge in [0.2, 0.25) is 11.7 Å². The van der Waals surface area contributed by atoms with Crippen LogP contribution in [0.4, 0.5) is 13.2 Å². The third-order valence-electron chi connectivity index (χ3n) is 3.66. The number of benzene rings is 2. The molecule has 0 aliphatic heterocycles. The summed E-state index contributed by atoms with van der Waals surface area (Å²) in [6.45, 7) is 0.203. The number of carbonyl (C=O) groups is 1. The van der Waals surface area contributed by atoms with Crippen LogP contribution < -0.4 is 5.32 Å². The molecule has 5 nitrogen and oxygen atoms in total. The number of hydrogen-bond donors (Lipinski definition) is 1. The van der Waals surface area contributed by atoms with E-state index in [0.717, 1.165) is 12.1 Å². The van der Waals surface area contributed by atoms with Gasteiger partial charge in [0.15, 0.2) is 0 Å². The van der Waals surface area contributed by atoms with Gasteiger partial charge in [-0.15, -0.1) is 0 Å². The van der Waals surface area contributed by atoms with Crippen molar-refractivity contribution < 1.29 is 22.5 Å². The summed E-state index contributed by atoms with van der Waals surface area (Å²) in [5, 5.41) is 6.69. The van der Waals surface area contributed by atoms with Crippen LogP contribution >= 0.6 is 11.6 Å². The Morgan fingerprint density at radius 3 is 2.67 bits per heavy atom. The topological polar surface area (TPSA) is 68.0 Å². The van der Waals surface area contributed by atoms with Gasteiger partial charge in [-0.1, -0.05) is 41.0 Å². The molecule has 1 heterocycles. The Labute approximate surface area is 157 Å². The summed E-state index contributed by atoms with van der Waals surface area (Å²) < 4.78 is 43.4. The molecule has 1 aromatic heterocycles. The summed E-state index contributed by atoms with van der Waals surface area (Å²) in [5.74, 6) is -0.103. The molecule has 1 N–H and O–H groups in total. The number of carbonyl (C=O) groups excluding carboxylic acids is 1. The molecule has 9 heteroatoms. The third-order valence-corrected chi connectivity index (χ3v) is 3.99. The van der Waals surface area contributed by atoms with Gasteiger partial charge in [0.05, 0.1) is 16.1 Å². The molecular formula is C18H13ClF3N3O2. The molecule has 0 aliphatic rings. The summed E-state index contributed by atoms with van der Waals surface area (Å²) >= 11 is 5.95. The van der Waals surface area contributed by atoms with Crippen molar-refractivity contribution in [2.45, 2.75) is 12.6 Å². The highest BCUT2D eigenvalue weighted by atomic mass is 35.5. The SMILES string of the molecule is O=C(NCCc1nc(-c2cccc(C(F)(F)F)c2)no1)c1ccccc1Cl. The molecule has 140 valence electrons. The first-order chi connectivity index (χ1) is 12.8. The molecule has 3 aromatic rings. The second-order valence-electron chi connectivity index (χ2n) is 5.58. The molecular weight excluding hydrogens is 383 g/mol. The van der Waals surface area contributed by atoms with Crippen LogP contribution in [0.15, 0.2) is 53.1 Å². The van der Waals surface area contributed by atoms with E-state index in [2.05, 4.69) is 15.5 Å². The van der Waals surface area contributed by atoms with Crippen molar-refractivity contribution in [3.05, 3.63) is 70.6 Å². The average Bonchev–Trinajstić information content (AvgIpc) is 3.10. The first-order valence-corrected chi connectivity index (χ1v) is 8.25. The van der Waals surface area contributed by atoms with Gasteiger partial charge in [-0.2, -0.15) is 18.2 Å². The van der Waals surface area contributed by atoms with Crippen molar-refractivity contribution in [2.75, 3.05) is 6.54 Å². The van der Waals surface area contributed by atoms with Crippen LogP contribution in [-0.2, 0) is 12.6 Å². The minimum Gasteiger partial charge on any atom is -0.351 e. The smallest absolute Gasteiger partial charge is 0.351 e. The molecule has 0 bridgehead atoms. The van der Waals surface area contributed by atoms with Gasteiger partial charge in [0.25, 0.3) is 5.91 Å². The largest absolute Gasteiger partial charge is 0.416 e. The van der Waals surface area contributed by atoms with Crippen LogP contribution in [0.1, 0.15) is 21.8 Å². The Hall–Kier alpha value is -2.87. The first-order valence-electron chi connectivity index (χ1n) is 7.87. The predicted octanol–water partition coefficient (Wildman–Crippen LogP) is 4.38. The Kier molecular flexibility index (Phi) is 5.46. The molecule has 27 heavy (non-hydrogen) atoms. The number of nitrogens with one attached hydrogen (secondary N) is 1. The van der Waals surface area contributed by atoms with Crippen LogP contribution in [0.2, 0.25) is 5.02 Å². The Morgan fingerprint density at radius 2 is 1.93 bits per heavy atom. The standard InChI is InChI=1S/C18H13ClF3N3O2/c19-14-7-2-1-6-13(14)17(26)23-9-8-15-24-16(25-27-15)11-4-3-5-12(10-11)18(20,21)22/h1-7,10H,8-9H2,(H,23,26). The van der Waals surface area contributed by atoms with E-state index in [4.69, 9.17) is 16.1 Å². The minimum atomic E-state index is -4.45. The van der Waals surface area contributed by atoms with Crippen molar-refractivity contribution in [1.82, 2.24) is 15.5 Å². The van der Waals surface area contributed by atoms with Crippen molar-refractivity contribution in [1.29, 1.82) is 0 Å². The maximum atomic E-state index is 12.8. The monoisotopic (exact) mass is 395 g/mol. The van der Waals surface area contributed by atoms with Gasteiger partial charge < -0.3 is 9.84 Å². The van der Waals surface area contributed by atoms with E-state index in [9.17, 15) is 18.0 Å². The molecule has 0 atom stereocenters. The number of amides is 1. The van der Waals surface area contributed by atoms with E-state index < -0.39 is 11.7 Å². The van der Waals surface area contributed by atoms with E-state index in [1.54, 1.807) is 24.3 Å². The van der Waals surface area contributed by atoms with Crippen LogP contribution in [0.25, 0.3) is 11.4 Å². The van der Waals surface area contributed by atoms with E-state index in [0.29, 0.717) is 10.6 Å². The molecule has 0 unspecified atom stereocenters. The van der Waals surface area contributed by atoms with Gasteiger partial charge in [-0.05, 0) is 24.3 Å². The number of alkyl halides is 3. The fourth-order valence-electron chi connectivity index (χ4n) is 2.33. The molecule has 0 aliphatic carbocycles. The van der Waals surface area contributed by atoms with Gasteiger partial charge in [0.1, 0.15) is 0 Å². The van der Waals surface area contributed by atoms with E-state index >= 15 is 0 Å². The molecule has 0 fully saturated rings. The summed E-state index contributed by atoms with van der Waals surface area (Å²) in [4.78, 5) is 16.1. The highest BCUT2D eigenvalue weighted by Crippen LogP contribution is 2.31. The Morgan fingerprint density at radius 1 is 1.15 bits per heavy atom. The number of aromatic nitrogens is 2. The fourth-order valence-corrected chi connectivity index (χ4v) is 2.55. The normalized spacial score (nSPS) is 11.4. The molecule has 1 amide bonds. The van der Waals surface area contributed by atoms with Crippen LogP contribution in [0, 0.1) is 0 Å². The maximum Gasteiger partial charge on any atom is 0.416 e. The highest BCUT2D eigenvalue weighted by Gasteiger charge is 2.30. The van der Waals surface area contributed by atoms with Crippen LogP contribution in [0.3, 0.4) is 0 Å². The lowest BCUT2D eigenvalue weighted by Crippen LogP contribution is -2.26. The lowest BCUT2D eigenvalue weighted by atomic mass is 10.1. The molecule has 0 saturated carbocycles. The van der Waals surface area contributed by atoms with E-state index in [1.807, 2.05) is 0 Å². The summed E-state index contributed by atoms with van der Waals surface area (Å²) in [6.07, 6.45) is -4.23. The number of halogens is 4. The quantitative estimate of drug-likeness (QED) is 0.696. The zero-order valence-corrected chi connectivity index (χ0v) is 14.5. The second kappa shape index (κ2) is 7.79. The van der Waals surface area contributed by atoms with Gasteiger partial charge in [0, 0.05) is 18.5 Å². The Bertz CT molecular complexity index is 957. The second-order valence-corrected chi connectivity index (χ2v) is 5.98. The van der Waals surface area contributed by atoms with Crippen molar-refractivity contribution >= 4 is 17.5 Å². The van der Waals surface area contributed by atoms with Crippen molar-refractivity contribution in [3.63, 3.8) is 0 Å². The van der Waals surface area contributed by atoms with Crippen LogP contribution in [-0.4, -0.2) is 22.6 Å². The lowest BCUT2D eigenvalue weighted by Gasteiger charge is -2.06. The molecule has 2 aromatic carbocycles. The lowest BCUT2D eigenvalue weighted by molar-refractivity contribution is -0.137. The first kappa shape index (κ1) is 18.9. The van der Waals surface area contributed by atoms with E-state index in [-0.39, 0.29) is 36.2 Å². The predicted molar refractivity (Wildman–Crippen MR) is 92.2 cm³/mol. The molecule has 0 spiro atoms. The third kappa shape index (κ3) is 4.65. The minimum absolute atomic E-state index is 0.0496. The number of nitrogens with zero attached hydrogens (tertiary/aromatic N) is 2. The maximum absolute atomic E-state index is 12.8. The van der Waals surface area contributed by atoms with Gasteiger partial charge in [-0.3, -0.25) is 4.79 Å². The van der Waals surface area contributed by atoms with Crippen molar-refractivity contribution in [3.8, 4) is 11.4 Å².